The van der Waals surface area contributed by atoms with Gasteiger partial charge in [-0.1, -0.05) is 25.1 Å². The van der Waals surface area contributed by atoms with Crippen LogP contribution in [0.4, 0.5) is 10.5 Å². The highest BCUT2D eigenvalue weighted by atomic mass is 16.4. The first-order valence-electron chi connectivity index (χ1n) is 7.41. The highest BCUT2D eigenvalue weighted by Crippen LogP contribution is 2.25. The first kappa shape index (κ1) is 15.4. The molecule has 1 aliphatic carbocycles. The van der Waals surface area contributed by atoms with Crippen molar-refractivity contribution in [2.24, 2.45) is 5.92 Å². The van der Waals surface area contributed by atoms with Crippen molar-refractivity contribution in [3.05, 3.63) is 30.3 Å². The molecule has 1 aromatic carbocycles. The van der Waals surface area contributed by atoms with Crippen molar-refractivity contribution in [3.63, 3.8) is 0 Å². The number of aliphatic carboxylic acids is 1. The van der Waals surface area contributed by atoms with Gasteiger partial charge in [0.2, 0.25) is 0 Å². The molecule has 2 atom stereocenters. The van der Waals surface area contributed by atoms with Gasteiger partial charge in [-0.15, -0.1) is 0 Å². The molecule has 1 aromatic rings. The van der Waals surface area contributed by atoms with Gasteiger partial charge in [0.15, 0.2) is 0 Å². The number of hydrogen-bond donors (Lipinski definition) is 2. The van der Waals surface area contributed by atoms with E-state index in [4.69, 9.17) is 5.11 Å². The van der Waals surface area contributed by atoms with Crippen LogP contribution < -0.4 is 10.2 Å². The van der Waals surface area contributed by atoms with Gasteiger partial charge >= 0.3 is 12.0 Å². The summed E-state index contributed by atoms with van der Waals surface area (Å²) >= 11 is 0. The Morgan fingerprint density at radius 2 is 2.00 bits per heavy atom. The van der Waals surface area contributed by atoms with Crippen LogP contribution in [-0.2, 0) is 4.79 Å². The van der Waals surface area contributed by atoms with Gasteiger partial charge in [-0.25, -0.2) is 4.79 Å². The molecular weight excluding hydrogens is 268 g/mol. The van der Waals surface area contributed by atoms with E-state index in [0.29, 0.717) is 5.92 Å². The van der Waals surface area contributed by atoms with Gasteiger partial charge in [-0.05, 0) is 37.3 Å². The van der Waals surface area contributed by atoms with Crippen LogP contribution in [0.15, 0.2) is 30.3 Å². The molecule has 5 heteroatoms. The van der Waals surface area contributed by atoms with Gasteiger partial charge in [0.05, 0.1) is 6.42 Å². The third kappa shape index (κ3) is 4.48. The van der Waals surface area contributed by atoms with Gasteiger partial charge < -0.3 is 10.4 Å². The lowest BCUT2D eigenvalue weighted by Gasteiger charge is -2.24. The smallest absolute Gasteiger partial charge is 0.322 e. The number of urea groups is 1. The second-order valence-electron chi connectivity index (χ2n) is 5.70. The molecule has 1 aliphatic rings. The topological polar surface area (TPSA) is 69.6 Å². The third-order valence-electron chi connectivity index (χ3n) is 3.88. The minimum Gasteiger partial charge on any atom is -0.481 e. The van der Waals surface area contributed by atoms with E-state index in [1.54, 1.807) is 0 Å². The quantitative estimate of drug-likeness (QED) is 0.876. The Morgan fingerprint density at radius 1 is 1.29 bits per heavy atom. The van der Waals surface area contributed by atoms with E-state index < -0.39 is 5.97 Å². The minimum atomic E-state index is -0.904. The Balaban J connectivity index is 2.03. The second kappa shape index (κ2) is 7.11. The van der Waals surface area contributed by atoms with Crippen LogP contribution >= 0.6 is 0 Å². The highest BCUT2D eigenvalue weighted by molar-refractivity contribution is 5.92. The predicted molar refractivity (Wildman–Crippen MR) is 81.4 cm³/mol. The number of benzene rings is 1. The van der Waals surface area contributed by atoms with Gasteiger partial charge in [0.25, 0.3) is 0 Å². The number of carboxylic acid groups (broad SMARTS) is 1. The summed E-state index contributed by atoms with van der Waals surface area (Å²) in [5.41, 5.74) is 0.724. The fraction of sp³-hybridized carbons (Fsp3) is 0.500. The summed E-state index contributed by atoms with van der Waals surface area (Å²) < 4.78 is 0. The molecule has 0 spiro atoms. The van der Waals surface area contributed by atoms with Crippen molar-refractivity contribution in [2.45, 2.75) is 38.6 Å². The zero-order valence-corrected chi connectivity index (χ0v) is 12.3. The summed E-state index contributed by atoms with van der Waals surface area (Å²) in [5.74, 6) is -0.266. The molecular formula is C16H22N2O3. The van der Waals surface area contributed by atoms with E-state index in [0.717, 1.165) is 24.9 Å². The summed E-state index contributed by atoms with van der Waals surface area (Å²) in [7, 11) is 0. The number of rotatable bonds is 5. The Labute approximate surface area is 125 Å². The molecule has 2 unspecified atom stereocenters. The van der Waals surface area contributed by atoms with Crippen molar-refractivity contribution in [3.8, 4) is 0 Å². The van der Waals surface area contributed by atoms with Crippen LogP contribution in [-0.4, -0.2) is 29.7 Å². The summed E-state index contributed by atoms with van der Waals surface area (Å²) in [6, 6.07) is 9.18. The largest absolute Gasteiger partial charge is 0.481 e. The summed E-state index contributed by atoms with van der Waals surface area (Å²) in [6.45, 7) is 2.36. The Hall–Kier alpha value is -2.04. The maximum atomic E-state index is 12.4. The monoisotopic (exact) mass is 290 g/mol. The number of amides is 2. The molecule has 2 N–H and O–H groups in total. The fourth-order valence-electron chi connectivity index (χ4n) is 2.75. The molecule has 0 heterocycles. The van der Waals surface area contributed by atoms with E-state index in [2.05, 4.69) is 12.2 Å². The van der Waals surface area contributed by atoms with Crippen molar-refractivity contribution < 1.29 is 14.7 Å². The van der Waals surface area contributed by atoms with E-state index in [1.165, 1.54) is 4.90 Å². The molecule has 5 nitrogen and oxygen atoms in total. The van der Waals surface area contributed by atoms with E-state index in [9.17, 15) is 9.59 Å². The first-order valence-corrected chi connectivity index (χ1v) is 7.41. The summed E-state index contributed by atoms with van der Waals surface area (Å²) in [4.78, 5) is 24.7. The Morgan fingerprint density at radius 3 is 2.57 bits per heavy atom. The maximum absolute atomic E-state index is 12.4. The molecule has 0 aromatic heterocycles. The van der Waals surface area contributed by atoms with E-state index >= 15 is 0 Å². The second-order valence-corrected chi connectivity index (χ2v) is 5.70. The van der Waals surface area contributed by atoms with Crippen molar-refractivity contribution in [1.82, 2.24) is 5.32 Å². The number of carboxylic acids is 1. The van der Waals surface area contributed by atoms with Gasteiger partial charge in [0, 0.05) is 18.3 Å². The number of anilines is 1. The lowest BCUT2D eigenvalue weighted by Crippen LogP contribution is -2.45. The number of nitrogens with zero attached hydrogens (tertiary/aromatic N) is 1. The molecule has 0 bridgehead atoms. The number of carbonyl (C=O) groups is 2. The SMILES string of the molecule is CC1CCC(NC(=O)N(CCC(=O)O)c2ccccc2)C1. The van der Waals surface area contributed by atoms with Crippen molar-refractivity contribution >= 4 is 17.7 Å². The lowest BCUT2D eigenvalue weighted by molar-refractivity contribution is -0.136. The Kier molecular flexibility index (Phi) is 5.20. The molecule has 1 fully saturated rings. The van der Waals surface area contributed by atoms with E-state index in [1.807, 2.05) is 30.3 Å². The van der Waals surface area contributed by atoms with Crippen LogP contribution in [0.25, 0.3) is 0 Å². The fourth-order valence-corrected chi connectivity index (χ4v) is 2.75. The molecule has 0 saturated heterocycles. The number of hydrogen-bond acceptors (Lipinski definition) is 2. The standard InChI is InChI=1S/C16H22N2O3/c1-12-7-8-13(11-12)17-16(21)18(10-9-15(19)20)14-5-3-2-4-6-14/h2-6,12-13H,7-11H2,1H3,(H,17,21)(H,19,20). The first-order chi connectivity index (χ1) is 10.1. The lowest BCUT2D eigenvalue weighted by atomic mass is 10.1. The molecule has 1 saturated carbocycles. The molecule has 2 amide bonds. The third-order valence-corrected chi connectivity index (χ3v) is 3.88. The average Bonchev–Trinajstić information content (AvgIpc) is 2.85. The zero-order valence-electron chi connectivity index (χ0n) is 12.3. The zero-order chi connectivity index (χ0) is 15.2. The molecule has 114 valence electrons. The number of carbonyl (C=O) groups excluding carboxylic acids is 1. The summed E-state index contributed by atoms with van der Waals surface area (Å²) in [6.07, 6.45) is 3.05. The summed E-state index contributed by atoms with van der Waals surface area (Å²) in [5, 5.41) is 11.9. The normalized spacial score (nSPS) is 21.0. The van der Waals surface area contributed by atoms with E-state index in [-0.39, 0.29) is 25.0 Å². The van der Waals surface area contributed by atoms with Gasteiger partial charge in [-0.2, -0.15) is 0 Å². The number of nitrogens with one attached hydrogen (secondary N) is 1. The molecule has 21 heavy (non-hydrogen) atoms. The molecule has 2 rings (SSSR count). The van der Waals surface area contributed by atoms with Gasteiger partial charge in [-0.3, -0.25) is 9.69 Å². The van der Waals surface area contributed by atoms with Crippen LogP contribution in [0.5, 0.6) is 0 Å². The van der Waals surface area contributed by atoms with Crippen molar-refractivity contribution in [2.75, 3.05) is 11.4 Å². The molecule has 0 radical (unpaired) electrons. The minimum absolute atomic E-state index is 0.0661. The van der Waals surface area contributed by atoms with Crippen molar-refractivity contribution in [1.29, 1.82) is 0 Å². The highest BCUT2D eigenvalue weighted by Gasteiger charge is 2.25. The Bertz CT molecular complexity index is 490. The van der Waals surface area contributed by atoms with Crippen LogP contribution in [0.1, 0.15) is 32.6 Å². The van der Waals surface area contributed by atoms with Crippen LogP contribution in [0, 0.1) is 5.92 Å². The average molecular weight is 290 g/mol. The molecule has 0 aliphatic heterocycles. The van der Waals surface area contributed by atoms with Crippen LogP contribution in [0.3, 0.4) is 0 Å². The predicted octanol–water partition coefficient (Wildman–Crippen LogP) is 2.87. The van der Waals surface area contributed by atoms with Gasteiger partial charge in [0.1, 0.15) is 0 Å². The maximum Gasteiger partial charge on any atom is 0.322 e. The number of para-hydroxylation sites is 1. The van der Waals surface area contributed by atoms with Crippen LogP contribution in [0.2, 0.25) is 0 Å².